The van der Waals surface area contributed by atoms with Crippen molar-refractivity contribution in [2.45, 2.75) is 24.1 Å². The molecule has 0 aromatic rings. The standard InChI is InChI=1S/C11H11F6NO8S/c1-5(19)3-18-8(21)10(11(15,16)17,26-7(20)6(2)12)25-4-9(13,14)27(22,23)24/h2-4H2,1H3,(H,18,21)(H,22,23,24)/p-1. The number of carbonyl (C=O) groups is 3. The molecule has 1 atom stereocenters. The molecule has 0 spiro atoms. The fraction of sp³-hybridized carbons (Fsp3) is 0.545. The second-order valence-electron chi connectivity index (χ2n) is 4.67. The monoisotopic (exact) mass is 430 g/mol. The number of carbonyl (C=O) groups excluding carboxylic acids is 3. The lowest BCUT2D eigenvalue weighted by molar-refractivity contribution is -0.353. The van der Waals surface area contributed by atoms with Crippen LogP contribution in [0.1, 0.15) is 6.92 Å². The maximum Gasteiger partial charge on any atom is 0.466 e. The van der Waals surface area contributed by atoms with Crippen LogP contribution in [0.4, 0.5) is 26.3 Å². The molecule has 9 nitrogen and oxygen atoms in total. The van der Waals surface area contributed by atoms with Crippen LogP contribution in [-0.4, -0.2) is 61.0 Å². The van der Waals surface area contributed by atoms with Gasteiger partial charge in [-0.15, -0.1) is 0 Å². The Morgan fingerprint density at radius 1 is 1.15 bits per heavy atom. The molecule has 0 aliphatic rings. The second kappa shape index (κ2) is 8.22. The third-order valence-electron chi connectivity index (χ3n) is 2.44. The van der Waals surface area contributed by atoms with Gasteiger partial charge < -0.3 is 19.3 Å². The van der Waals surface area contributed by atoms with E-state index in [0.29, 0.717) is 0 Å². The van der Waals surface area contributed by atoms with E-state index in [4.69, 9.17) is 0 Å². The van der Waals surface area contributed by atoms with Gasteiger partial charge in [0.15, 0.2) is 10.1 Å². The number of ketones is 1. The van der Waals surface area contributed by atoms with Crippen LogP contribution in [0.2, 0.25) is 0 Å². The SMILES string of the molecule is C=C(F)C(=O)OC(OCC(F)(F)S(=O)(=O)[O-])(C(=O)NCC(C)=O)C(F)(F)F. The van der Waals surface area contributed by atoms with Gasteiger partial charge in [-0.05, 0) is 6.92 Å². The number of amides is 1. The molecule has 156 valence electrons. The number of hydrogen-bond acceptors (Lipinski definition) is 8. The van der Waals surface area contributed by atoms with Crippen LogP contribution >= 0.6 is 0 Å². The number of ether oxygens (including phenoxy) is 2. The normalized spacial score (nSPS) is 14.8. The summed E-state index contributed by atoms with van der Waals surface area (Å²) < 4.78 is 117. The molecular formula is C11H10F6NO8S-. The van der Waals surface area contributed by atoms with Crippen molar-refractivity contribution in [3.05, 3.63) is 12.4 Å². The molecule has 0 fully saturated rings. The van der Waals surface area contributed by atoms with Crippen LogP contribution in [0.15, 0.2) is 12.4 Å². The predicted octanol–water partition coefficient (Wildman–Crippen LogP) is 0.131. The van der Waals surface area contributed by atoms with E-state index in [1.807, 2.05) is 0 Å². The number of Topliss-reactive ketones (excluding diaryl/α,β-unsaturated/α-hetero) is 1. The Balaban J connectivity index is 6.14. The zero-order chi connectivity index (χ0) is 21.8. The maximum absolute atomic E-state index is 13.3. The highest BCUT2D eigenvalue weighted by Crippen LogP contribution is 2.38. The highest BCUT2D eigenvalue weighted by Gasteiger charge is 2.67. The van der Waals surface area contributed by atoms with E-state index in [-0.39, 0.29) is 0 Å². The van der Waals surface area contributed by atoms with E-state index in [1.165, 1.54) is 5.32 Å². The Labute approximate surface area is 147 Å². The van der Waals surface area contributed by atoms with Gasteiger partial charge in [-0.25, -0.2) is 13.2 Å². The third kappa shape index (κ3) is 6.17. The first kappa shape index (κ1) is 24.8. The van der Waals surface area contributed by atoms with Crippen LogP contribution in [-0.2, 0) is 34.0 Å². The molecule has 1 N–H and O–H groups in total. The van der Waals surface area contributed by atoms with E-state index in [2.05, 4.69) is 16.1 Å². The molecule has 0 saturated heterocycles. The summed E-state index contributed by atoms with van der Waals surface area (Å²) in [4.78, 5) is 33.6. The Morgan fingerprint density at radius 2 is 1.63 bits per heavy atom. The lowest BCUT2D eigenvalue weighted by Gasteiger charge is -2.34. The molecule has 1 unspecified atom stereocenters. The van der Waals surface area contributed by atoms with Crippen LogP contribution in [0.25, 0.3) is 0 Å². The van der Waals surface area contributed by atoms with Gasteiger partial charge in [0.2, 0.25) is 5.83 Å². The quantitative estimate of drug-likeness (QED) is 0.179. The van der Waals surface area contributed by atoms with Gasteiger partial charge in [-0.2, -0.15) is 26.3 Å². The van der Waals surface area contributed by atoms with Crippen molar-refractivity contribution < 1.29 is 63.2 Å². The summed E-state index contributed by atoms with van der Waals surface area (Å²) in [6.07, 6.45) is -6.19. The molecule has 0 rings (SSSR count). The first-order chi connectivity index (χ1) is 11.9. The van der Waals surface area contributed by atoms with Gasteiger partial charge >= 0.3 is 29.1 Å². The number of halogens is 6. The van der Waals surface area contributed by atoms with Gasteiger partial charge in [-0.1, -0.05) is 6.58 Å². The number of esters is 1. The lowest BCUT2D eigenvalue weighted by Crippen LogP contribution is -2.63. The smallest absolute Gasteiger partial charge is 0.466 e. The van der Waals surface area contributed by atoms with E-state index >= 15 is 0 Å². The van der Waals surface area contributed by atoms with Gasteiger partial charge in [-0.3, -0.25) is 9.59 Å². The van der Waals surface area contributed by atoms with Gasteiger partial charge in [0.1, 0.15) is 12.4 Å². The van der Waals surface area contributed by atoms with Gasteiger partial charge in [0.05, 0.1) is 6.54 Å². The molecule has 1 amide bonds. The Morgan fingerprint density at radius 3 is 1.96 bits per heavy atom. The van der Waals surface area contributed by atoms with Crippen LogP contribution < -0.4 is 5.32 Å². The van der Waals surface area contributed by atoms with Crippen LogP contribution in [0.3, 0.4) is 0 Å². The average molecular weight is 430 g/mol. The number of alkyl halides is 5. The minimum Gasteiger partial charge on any atom is -0.743 e. The zero-order valence-electron chi connectivity index (χ0n) is 13.1. The molecular weight excluding hydrogens is 420 g/mol. The fourth-order valence-corrected chi connectivity index (χ4v) is 1.38. The fourth-order valence-electron chi connectivity index (χ4n) is 1.17. The van der Waals surface area contributed by atoms with Gasteiger partial charge in [0, 0.05) is 0 Å². The summed E-state index contributed by atoms with van der Waals surface area (Å²) in [5, 5.41) is -4.28. The summed E-state index contributed by atoms with van der Waals surface area (Å²) in [6.45, 7) is -0.999. The topological polar surface area (TPSA) is 139 Å². The van der Waals surface area contributed by atoms with Crippen molar-refractivity contribution >= 4 is 27.8 Å². The van der Waals surface area contributed by atoms with E-state index in [9.17, 15) is 53.7 Å². The summed E-state index contributed by atoms with van der Waals surface area (Å²) in [7, 11) is -6.56. The molecule has 0 aromatic heterocycles. The average Bonchev–Trinajstić information content (AvgIpc) is 2.46. The Bertz CT molecular complexity index is 734. The minimum absolute atomic E-state index is 0.782. The molecule has 0 aliphatic carbocycles. The second-order valence-corrected chi connectivity index (χ2v) is 6.18. The molecule has 0 aliphatic heterocycles. The summed E-state index contributed by atoms with van der Waals surface area (Å²) in [5.41, 5.74) is 0. The highest BCUT2D eigenvalue weighted by molar-refractivity contribution is 7.86. The molecule has 27 heavy (non-hydrogen) atoms. The summed E-state index contributed by atoms with van der Waals surface area (Å²) >= 11 is 0. The van der Waals surface area contributed by atoms with Crippen molar-refractivity contribution in [3.63, 3.8) is 0 Å². The number of rotatable bonds is 9. The molecule has 0 radical (unpaired) electrons. The molecule has 0 heterocycles. The van der Waals surface area contributed by atoms with Crippen molar-refractivity contribution in [3.8, 4) is 0 Å². The first-order valence-electron chi connectivity index (χ1n) is 6.27. The Hall–Kier alpha value is -2.20. The molecule has 0 bridgehead atoms. The largest absolute Gasteiger partial charge is 0.743 e. The van der Waals surface area contributed by atoms with Crippen molar-refractivity contribution in [1.29, 1.82) is 0 Å². The maximum atomic E-state index is 13.3. The highest BCUT2D eigenvalue weighted by atomic mass is 32.2. The third-order valence-corrected chi connectivity index (χ3v) is 3.29. The van der Waals surface area contributed by atoms with E-state index in [0.717, 1.165) is 6.92 Å². The van der Waals surface area contributed by atoms with Crippen LogP contribution in [0.5, 0.6) is 0 Å². The molecule has 0 aromatic carbocycles. The summed E-state index contributed by atoms with van der Waals surface area (Å²) in [6, 6.07) is 0. The first-order valence-corrected chi connectivity index (χ1v) is 7.67. The lowest BCUT2D eigenvalue weighted by atomic mass is 10.2. The number of nitrogens with one attached hydrogen (secondary N) is 1. The minimum atomic E-state index is -6.56. The van der Waals surface area contributed by atoms with E-state index < -0.39 is 64.0 Å². The predicted molar refractivity (Wildman–Crippen MR) is 69.4 cm³/mol. The van der Waals surface area contributed by atoms with Crippen molar-refractivity contribution in [1.82, 2.24) is 5.32 Å². The van der Waals surface area contributed by atoms with Gasteiger partial charge in [0.25, 0.3) is 0 Å². The van der Waals surface area contributed by atoms with E-state index in [1.54, 1.807) is 0 Å². The van der Waals surface area contributed by atoms with Crippen molar-refractivity contribution in [2.24, 2.45) is 0 Å². The van der Waals surface area contributed by atoms with Crippen LogP contribution in [0, 0.1) is 0 Å². The molecule has 0 saturated carbocycles. The zero-order valence-corrected chi connectivity index (χ0v) is 13.9. The number of hydrogen-bond donors (Lipinski definition) is 1. The summed E-state index contributed by atoms with van der Waals surface area (Å²) in [5.74, 6) is -13.4. The molecule has 16 heteroatoms. The Kier molecular flexibility index (Phi) is 7.55. The van der Waals surface area contributed by atoms with Crippen molar-refractivity contribution in [2.75, 3.05) is 13.2 Å².